The zero-order chi connectivity index (χ0) is 28.1. The van der Waals surface area contributed by atoms with Crippen LogP contribution >= 0.6 is 0 Å². The lowest BCUT2D eigenvalue weighted by Gasteiger charge is -2.32. The Labute approximate surface area is 231 Å². The highest BCUT2D eigenvalue weighted by atomic mass is 16.5. The number of pyridine rings is 2. The first kappa shape index (κ1) is 27.4. The lowest BCUT2D eigenvalue weighted by molar-refractivity contribution is -0.143. The second-order valence-electron chi connectivity index (χ2n) is 9.80. The molecular weight excluding hydrogens is 518 g/mol. The number of carbonyl (C=O) groups excluding carboxylic acids is 3. The Bertz CT molecular complexity index is 1330. The highest BCUT2D eigenvalue weighted by molar-refractivity contribution is 6.02. The van der Waals surface area contributed by atoms with E-state index in [1.807, 2.05) is 6.07 Å². The normalized spacial score (nSPS) is 20.9. The number of amides is 3. The zero-order valence-corrected chi connectivity index (χ0v) is 22.2. The van der Waals surface area contributed by atoms with E-state index in [2.05, 4.69) is 26.7 Å². The summed E-state index contributed by atoms with van der Waals surface area (Å²) in [5.74, 6) is 0.513. The molecule has 2 aromatic heterocycles. The molecule has 0 saturated carbocycles. The fraction of sp³-hybridized carbons (Fsp3) is 0.481. The lowest BCUT2D eigenvalue weighted by Crippen LogP contribution is -2.43. The van der Waals surface area contributed by atoms with E-state index in [0.717, 1.165) is 12.0 Å². The average molecular weight is 550 g/mol. The van der Waals surface area contributed by atoms with Gasteiger partial charge in [0, 0.05) is 51.2 Å². The molecule has 0 aromatic carbocycles. The third-order valence-corrected chi connectivity index (χ3v) is 7.27. The number of aryl methyl sites for hydroxylation is 1. The first-order valence-corrected chi connectivity index (χ1v) is 13.2. The molecule has 5 rings (SSSR count). The Hall–Kier alpha value is -4.12. The van der Waals surface area contributed by atoms with E-state index in [1.165, 1.54) is 11.1 Å². The van der Waals surface area contributed by atoms with Gasteiger partial charge >= 0.3 is 6.03 Å². The molecule has 13 nitrogen and oxygen atoms in total. The predicted octanol–water partition coefficient (Wildman–Crippen LogP) is 1.72. The van der Waals surface area contributed by atoms with Crippen molar-refractivity contribution in [1.29, 1.82) is 5.26 Å². The minimum atomic E-state index is -0.458. The van der Waals surface area contributed by atoms with Crippen molar-refractivity contribution in [3.63, 3.8) is 0 Å². The Kier molecular flexibility index (Phi) is 8.49. The van der Waals surface area contributed by atoms with Crippen LogP contribution in [-0.2, 0) is 32.0 Å². The number of hydrogen-bond donors (Lipinski definition) is 2. The number of aldehydes is 1. The van der Waals surface area contributed by atoms with E-state index in [4.69, 9.17) is 14.2 Å². The monoisotopic (exact) mass is 549 g/mol. The van der Waals surface area contributed by atoms with Crippen molar-refractivity contribution in [3.05, 3.63) is 40.7 Å². The van der Waals surface area contributed by atoms with Gasteiger partial charge in [0.05, 0.1) is 36.6 Å². The maximum absolute atomic E-state index is 13.4. The summed E-state index contributed by atoms with van der Waals surface area (Å²) in [7, 11) is 1.64. The van der Waals surface area contributed by atoms with Crippen LogP contribution in [0.15, 0.2) is 18.3 Å². The van der Waals surface area contributed by atoms with Gasteiger partial charge in [-0.05, 0) is 30.9 Å². The molecule has 210 valence electrons. The number of anilines is 3. The molecule has 2 N–H and O–H groups in total. The molecule has 3 aliphatic heterocycles. The molecule has 2 atom stereocenters. The number of rotatable bonds is 7. The summed E-state index contributed by atoms with van der Waals surface area (Å²) in [6.07, 6.45) is 4.07. The van der Waals surface area contributed by atoms with E-state index in [1.54, 1.807) is 18.1 Å². The summed E-state index contributed by atoms with van der Waals surface area (Å²) >= 11 is 0. The molecule has 0 aliphatic carbocycles. The van der Waals surface area contributed by atoms with Crippen LogP contribution in [0.4, 0.5) is 22.1 Å². The van der Waals surface area contributed by atoms with Crippen molar-refractivity contribution in [3.8, 4) is 6.07 Å². The number of nitrogens with one attached hydrogen (secondary N) is 2. The molecular formula is C27H31N7O6. The van der Waals surface area contributed by atoms with Gasteiger partial charge in [-0.15, -0.1) is 0 Å². The minimum absolute atomic E-state index is 0.0186. The van der Waals surface area contributed by atoms with Gasteiger partial charge in [-0.3, -0.25) is 19.8 Å². The van der Waals surface area contributed by atoms with Crippen LogP contribution in [0.2, 0.25) is 0 Å². The maximum atomic E-state index is 13.4. The second-order valence-corrected chi connectivity index (χ2v) is 9.80. The smallest absolute Gasteiger partial charge is 0.328 e. The molecule has 2 saturated heterocycles. The van der Waals surface area contributed by atoms with Crippen molar-refractivity contribution in [2.45, 2.75) is 38.0 Å². The molecule has 5 heterocycles. The summed E-state index contributed by atoms with van der Waals surface area (Å²) in [4.78, 5) is 49.4. The fourth-order valence-electron chi connectivity index (χ4n) is 5.15. The standard InChI is InChI=1S/C27H31N7O6/c1-38-23-4-7-39-15-22(23)30-20-10-24(29-12-19(20)11-28)32-27(37)34-5-2-3-17-9-18(21(14-35)31-26(17)34)13-33-6-8-40-16-25(33)36/h9-10,12,14,22-23H,2-8,13,15-16H2,1H3,(H2,29,30,32,37)/t22-,23?/m0/s1. The molecule has 3 amide bonds. The average Bonchev–Trinajstić information content (AvgIpc) is 2.98. The fourth-order valence-corrected chi connectivity index (χ4v) is 5.15. The van der Waals surface area contributed by atoms with Gasteiger partial charge in [0.15, 0.2) is 6.29 Å². The lowest BCUT2D eigenvalue weighted by atomic mass is 10.0. The molecule has 3 aliphatic rings. The summed E-state index contributed by atoms with van der Waals surface area (Å²) in [5.41, 5.74) is 2.47. The third-order valence-electron chi connectivity index (χ3n) is 7.27. The van der Waals surface area contributed by atoms with Gasteiger partial charge in [-0.2, -0.15) is 5.26 Å². The van der Waals surface area contributed by atoms with Gasteiger partial charge in [-0.25, -0.2) is 14.8 Å². The summed E-state index contributed by atoms with van der Waals surface area (Å²) in [6, 6.07) is 4.96. The SMILES string of the molecule is COC1CCOC[C@@H]1Nc1cc(NC(=O)N2CCCc3cc(CN4CCOCC4=O)c(C=O)nc32)ncc1C#N. The summed E-state index contributed by atoms with van der Waals surface area (Å²) in [5, 5.41) is 15.7. The number of carbonyl (C=O) groups is 3. The van der Waals surface area contributed by atoms with Crippen molar-refractivity contribution < 1.29 is 28.6 Å². The molecule has 0 bridgehead atoms. The Balaban J connectivity index is 1.34. The molecule has 2 fully saturated rings. The van der Waals surface area contributed by atoms with Crippen molar-refractivity contribution >= 4 is 35.5 Å². The minimum Gasteiger partial charge on any atom is -0.379 e. The number of fused-ring (bicyclic) bond motifs is 1. The van der Waals surface area contributed by atoms with Crippen molar-refractivity contribution in [1.82, 2.24) is 14.9 Å². The van der Waals surface area contributed by atoms with Crippen LogP contribution in [0.25, 0.3) is 0 Å². The molecule has 40 heavy (non-hydrogen) atoms. The van der Waals surface area contributed by atoms with E-state index in [9.17, 15) is 19.6 Å². The quantitative estimate of drug-likeness (QED) is 0.487. The number of urea groups is 1. The van der Waals surface area contributed by atoms with Gasteiger partial charge in [0.25, 0.3) is 0 Å². The Morgan fingerprint density at radius 1 is 1.30 bits per heavy atom. The molecule has 13 heteroatoms. The number of nitriles is 1. The number of morpholine rings is 1. The Morgan fingerprint density at radius 2 is 2.17 bits per heavy atom. The van der Waals surface area contributed by atoms with E-state index < -0.39 is 6.03 Å². The number of aromatic nitrogens is 2. The predicted molar refractivity (Wildman–Crippen MR) is 143 cm³/mol. The van der Waals surface area contributed by atoms with Crippen LogP contribution in [0.1, 0.15) is 40.0 Å². The van der Waals surface area contributed by atoms with E-state index >= 15 is 0 Å². The topological polar surface area (TPSA) is 159 Å². The number of ether oxygens (including phenoxy) is 3. The molecule has 1 unspecified atom stereocenters. The molecule has 0 radical (unpaired) electrons. The van der Waals surface area contributed by atoms with Gasteiger partial charge in [0.1, 0.15) is 30.0 Å². The first-order chi connectivity index (χ1) is 19.5. The summed E-state index contributed by atoms with van der Waals surface area (Å²) in [6.45, 7) is 2.58. The van der Waals surface area contributed by atoms with Crippen LogP contribution in [0.3, 0.4) is 0 Å². The van der Waals surface area contributed by atoms with E-state index in [-0.39, 0.29) is 42.7 Å². The second kappa shape index (κ2) is 12.4. The van der Waals surface area contributed by atoms with E-state index in [0.29, 0.717) is 74.7 Å². The summed E-state index contributed by atoms with van der Waals surface area (Å²) < 4.78 is 16.3. The number of methoxy groups -OCH3 is 1. The van der Waals surface area contributed by atoms with Crippen molar-refractivity contribution in [2.24, 2.45) is 0 Å². The van der Waals surface area contributed by atoms with Gasteiger partial charge in [0.2, 0.25) is 5.91 Å². The van der Waals surface area contributed by atoms with Crippen LogP contribution in [0, 0.1) is 11.3 Å². The highest BCUT2D eigenvalue weighted by Gasteiger charge is 2.29. The van der Waals surface area contributed by atoms with Crippen LogP contribution in [0.5, 0.6) is 0 Å². The van der Waals surface area contributed by atoms with Crippen LogP contribution in [-0.4, -0.2) is 91.9 Å². The first-order valence-electron chi connectivity index (χ1n) is 13.2. The maximum Gasteiger partial charge on any atom is 0.328 e. The molecule has 2 aromatic rings. The zero-order valence-electron chi connectivity index (χ0n) is 22.2. The number of nitrogens with zero attached hydrogens (tertiary/aromatic N) is 5. The third kappa shape index (κ3) is 5.89. The van der Waals surface area contributed by atoms with Gasteiger partial charge in [-0.1, -0.05) is 0 Å². The Morgan fingerprint density at radius 3 is 2.95 bits per heavy atom. The largest absolute Gasteiger partial charge is 0.379 e. The van der Waals surface area contributed by atoms with Crippen LogP contribution < -0.4 is 15.5 Å². The van der Waals surface area contributed by atoms with Crippen molar-refractivity contribution in [2.75, 3.05) is 62.2 Å². The van der Waals surface area contributed by atoms with Gasteiger partial charge < -0.3 is 24.4 Å². The number of hydrogen-bond acceptors (Lipinski definition) is 10. The highest BCUT2D eigenvalue weighted by Crippen LogP contribution is 2.29. The molecule has 0 spiro atoms.